The number of hydrogen-bond donors (Lipinski definition) is 0. The summed E-state index contributed by atoms with van der Waals surface area (Å²) in [6, 6.07) is 10.5. The summed E-state index contributed by atoms with van der Waals surface area (Å²) in [5.74, 6) is 0.246. The van der Waals surface area contributed by atoms with Crippen LogP contribution in [0, 0.1) is 5.92 Å². The molecule has 30 heavy (non-hydrogen) atoms. The standard InChI is InChI=1S/C23H30N4O3/c1-18(2)30-23(29)21-22(25-12-11-24-21)27(17-28)15-10-19-8-13-26(14-9-19)16-20-6-4-3-5-7-20/h3-7,11-12,17-19H,8-10,13-16H2,1-2H3. The fraction of sp³-hybridized carbons (Fsp3) is 0.478. The number of piperidine rings is 1. The van der Waals surface area contributed by atoms with Crippen molar-refractivity contribution in [3.63, 3.8) is 0 Å². The number of aromatic nitrogens is 2. The second-order valence-electron chi connectivity index (χ2n) is 7.98. The van der Waals surface area contributed by atoms with E-state index in [0.29, 0.717) is 12.5 Å². The molecule has 0 bridgehead atoms. The Kier molecular flexibility index (Phi) is 7.90. The maximum absolute atomic E-state index is 12.3. The van der Waals surface area contributed by atoms with E-state index in [4.69, 9.17) is 4.74 Å². The van der Waals surface area contributed by atoms with E-state index < -0.39 is 5.97 Å². The number of esters is 1. The summed E-state index contributed by atoms with van der Waals surface area (Å²) in [6.07, 6.45) is 6.45. The molecule has 0 atom stereocenters. The van der Waals surface area contributed by atoms with E-state index >= 15 is 0 Å². The Morgan fingerprint density at radius 2 is 1.90 bits per heavy atom. The molecule has 0 unspecified atom stereocenters. The van der Waals surface area contributed by atoms with E-state index in [0.717, 1.165) is 45.3 Å². The topological polar surface area (TPSA) is 75.6 Å². The molecule has 0 spiro atoms. The van der Waals surface area contributed by atoms with Crippen molar-refractivity contribution in [2.75, 3.05) is 24.5 Å². The lowest BCUT2D eigenvalue weighted by atomic mass is 9.93. The third kappa shape index (κ3) is 6.10. The van der Waals surface area contributed by atoms with Gasteiger partial charge in [0.25, 0.3) is 0 Å². The molecule has 0 radical (unpaired) electrons. The molecule has 3 rings (SSSR count). The molecule has 0 N–H and O–H groups in total. The van der Waals surface area contributed by atoms with Crippen molar-refractivity contribution < 1.29 is 14.3 Å². The molecule has 2 aromatic rings. The number of amides is 1. The number of anilines is 1. The van der Waals surface area contributed by atoms with Crippen molar-refractivity contribution in [1.29, 1.82) is 0 Å². The summed E-state index contributed by atoms with van der Waals surface area (Å²) < 4.78 is 5.24. The number of carbonyl (C=O) groups excluding carboxylic acids is 2. The highest BCUT2D eigenvalue weighted by Crippen LogP contribution is 2.24. The molecular weight excluding hydrogens is 380 g/mol. The highest BCUT2D eigenvalue weighted by Gasteiger charge is 2.24. The van der Waals surface area contributed by atoms with Crippen LogP contribution in [0.15, 0.2) is 42.7 Å². The molecule has 1 aromatic carbocycles. The van der Waals surface area contributed by atoms with Gasteiger partial charge in [0.1, 0.15) is 0 Å². The Hall–Kier alpha value is -2.80. The molecule has 1 aliphatic rings. The number of nitrogens with zero attached hydrogens (tertiary/aromatic N) is 4. The summed E-state index contributed by atoms with van der Waals surface area (Å²) in [6.45, 7) is 7.14. The molecule has 1 aromatic heterocycles. The fourth-order valence-electron chi connectivity index (χ4n) is 3.76. The average molecular weight is 411 g/mol. The minimum absolute atomic E-state index is 0.0796. The first-order valence-electron chi connectivity index (χ1n) is 10.6. The van der Waals surface area contributed by atoms with Crippen LogP contribution in [0.25, 0.3) is 0 Å². The van der Waals surface area contributed by atoms with Crippen molar-refractivity contribution in [2.24, 2.45) is 5.92 Å². The van der Waals surface area contributed by atoms with Gasteiger partial charge in [0, 0.05) is 25.5 Å². The maximum Gasteiger partial charge on any atom is 0.361 e. The van der Waals surface area contributed by atoms with Crippen molar-refractivity contribution in [3.05, 3.63) is 54.0 Å². The number of carbonyl (C=O) groups is 2. The Labute approximate surface area is 178 Å². The van der Waals surface area contributed by atoms with Gasteiger partial charge in [0.2, 0.25) is 6.41 Å². The van der Waals surface area contributed by atoms with Gasteiger partial charge in [-0.25, -0.2) is 14.8 Å². The van der Waals surface area contributed by atoms with Crippen LogP contribution in [0.2, 0.25) is 0 Å². The first-order valence-corrected chi connectivity index (χ1v) is 10.6. The van der Waals surface area contributed by atoms with Gasteiger partial charge in [-0.1, -0.05) is 30.3 Å². The van der Waals surface area contributed by atoms with Gasteiger partial charge < -0.3 is 4.74 Å². The second-order valence-corrected chi connectivity index (χ2v) is 7.98. The minimum Gasteiger partial charge on any atom is -0.458 e. The average Bonchev–Trinajstić information content (AvgIpc) is 2.76. The Morgan fingerprint density at radius 3 is 2.57 bits per heavy atom. The number of benzene rings is 1. The van der Waals surface area contributed by atoms with Crippen molar-refractivity contribution >= 4 is 18.2 Å². The summed E-state index contributed by atoms with van der Waals surface area (Å²) >= 11 is 0. The Morgan fingerprint density at radius 1 is 1.20 bits per heavy atom. The summed E-state index contributed by atoms with van der Waals surface area (Å²) in [7, 11) is 0. The summed E-state index contributed by atoms with van der Waals surface area (Å²) in [4.78, 5) is 36.3. The first-order chi connectivity index (χ1) is 14.6. The van der Waals surface area contributed by atoms with E-state index in [2.05, 4.69) is 39.1 Å². The monoisotopic (exact) mass is 410 g/mol. The van der Waals surface area contributed by atoms with Crippen LogP contribution in [-0.2, 0) is 16.1 Å². The lowest BCUT2D eigenvalue weighted by Gasteiger charge is -2.32. The maximum atomic E-state index is 12.3. The molecular formula is C23H30N4O3. The predicted molar refractivity (Wildman–Crippen MR) is 115 cm³/mol. The number of rotatable bonds is 9. The van der Waals surface area contributed by atoms with Crippen LogP contribution in [0.3, 0.4) is 0 Å². The predicted octanol–water partition coefficient (Wildman–Crippen LogP) is 3.31. The number of ether oxygens (including phenoxy) is 1. The van der Waals surface area contributed by atoms with E-state index in [-0.39, 0.29) is 17.6 Å². The zero-order valence-electron chi connectivity index (χ0n) is 17.7. The fourth-order valence-corrected chi connectivity index (χ4v) is 3.76. The van der Waals surface area contributed by atoms with Gasteiger partial charge >= 0.3 is 5.97 Å². The third-order valence-electron chi connectivity index (χ3n) is 5.35. The molecule has 1 fully saturated rings. The number of hydrogen-bond acceptors (Lipinski definition) is 6. The smallest absolute Gasteiger partial charge is 0.361 e. The van der Waals surface area contributed by atoms with Gasteiger partial charge in [-0.15, -0.1) is 0 Å². The molecule has 160 valence electrons. The normalized spacial score (nSPS) is 15.2. The minimum atomic E-state index is -0.561. The SMILES string of the molecule is CC(C)OC(=O)c1nccnc1N(C=O)CCC1CCN(Cc2ccccc2)CC1. The first kappa shape index (κ1) is 21.9. The zero-order chi connectivity index (χ0) is 21.3. The van der Waals surface area contributed by atoms with Gasteiger partial charge in [0.15, 0.2) is 11.5 Å². The van der Waals surface area contributed by atoms with E-state index in [1.165, 1.54) is 22.9 Å². The summed E-state index contributed by atoms with van der Waals surface area (Å²) in [5.41, 5.74) is 1.42. The molecule has 0 saturated carbocycles. The quantitative estimate of drug-likeness (QED) is 0.466. The van der Waals surface area contributed by atoms with Crippen molar-refractivity contribution in [1.82, 2.24) is 14.9 Å². The second kappa shape index (κ2) is 10.8. The number of likely N-dealkylation sites (tertiary alicyclic amines) is 1. The van der Waals surface area contributed by atoms with Gasteiger partial charge in [-0.05, 0) is 57.7 Å². The van der Waals surface area contributed by atoms with E-state index in [1.54, 1.807) is 13.8 Å². The van der Waals surface area contributed by atoms with Crippen LogP contribution >= 0.6 is 0 Å². The molecule has 2 heterocycles. The molecule has 1 amide bonds. The van der Waals surface area contributed by atoms with Crippen LogP contribution in [0.4, 0.5) is 5.82 Å². The van der Waals surface area contributed by atoms with E-state index in [9.17, 15) is 9.59 Å². The van der Waals surface area contributed by atoms with Crippen LogP contribution in [-0.4, -0.2) is 53.0 Å². The van der Waals surface area contributed by atoms with Crippen LogP contribution in [0.5, 0.6) is 0 Å². The Balaban J connectivity index is 1.53. The Bertz CT molecular complexity index is 820. The van der Waals surface area contributed by atoms with Gasteiger partial charge in [-0.2, -0.15) is 0 Å². The highest BCUT2D eigenvalue weighted by molar-refractivity contribution is 5.95. The molecule has 7 nitrogen and oxygen atoms in total. The van der Waals surface area contributed by atoms with Crippen LogP contribution in [0.1, 0.15) is 49.2 Å². The summed E-state index contributed by atoms with van der Waals surface area (Å²) in [5, 5.41) is 0. The zero-order valence-corrected chi connectivity index (χ0v) is 17.7. The lowest BCUT2D eigenvalue weighted by molar-refractivity contribution is -0.107. The van der Waals surface area contributed by atoms with Crippen molar-refractivity contribution in [2.45, 2.75) is 45.8 Å². The van der Waals surface area contributed by atoms with Gasteiger partial charge in [-0.3, -0.25) is 14.6 Å². The molecule has 0 aliphatic carbocycles. The molecule has 7 heteroatoms. The van der Waals surface area contributed by atoms with Crippen LogP contribution < -0.4 is 4.90 Å². The lowest BCUT2D eigenvalue weighted by Crippen LogP contribution is -2.35. The highest BCUT2D eigenvalue weighted by atomic mass is 16.5. The molecule has 1 saturated heterocycles. The van der Waals surface area contributed by atoms with E-state index in [1.807, 2.05) is 6.07 Å². The van der Waals surface area contributed by atoms with Crippen molar-refractivity contribution in [3.8, 4) is 0 Å². The molecule has 1 aliphatic heterocycles. The van der Waals surface area contributed by atoms with Gasteiger partial charge in [0.05, 0.1) is 6.10 Å². The third-order valence-corrected chi connectivity index (χ3v) is 5.35. The largest absolute Gasteiger partial charge is 0.458 e.